The summed E-state index contributed by atoms with van der Waals surface area (Å²) in [5.74, 6) is -3.43. The van der Waals surface area contributed by atoms with Gasteiger partial charge in [0.2, 0.25) is 11.8 Å². The number of nitrogens with one attached hydrogen (secondary N) is 3. The Kier molecular flexibility index (Phi) is 11.2. The number of rotatable bonds is 14. The molecule has 0 aliphatic carbocycles. The summed E-state index contributed by atoms with van der Waals surface area (Å²) < 4.78 is 0. The fraction of sp³-hybridized carbons (Fsp3) is 0.400. The minimum Gasteiger partial charge on any atom is -0.480 e. The van der Waals surface area contributed by atoms with Gasteiger partial charge in [-0.25, -0.2) is 9.59 Å². The number of aliphatic imine (C=N–C) groups is 1. The van der Waals surface area contributed by atoms with E-state index in [2.05, 4.69) is 20.9 Å². The van der Waals surface area contributed by atoms with Gasteiger partial charge in [-0.15, -0.1) is 0 Å². The number of benzene rings is 2. The second-order valence-electron chi connectivity index (χ2n) is 10.7. The highest BCUT2D eigenvalue weighted by molar-refractivity contribution is 5.96. The summed E-state index contributed by atoms with van der Waals surface area (Å²) in [7, 11) is 0. The number of guanidine groups is 1. The molecule has 4 unspecified atom stereocenters. The van der Waals surface area contributed by atoms with E-state index < -0.39 is 59.9 Å². The zero-order valence-corrected chi connectivity index (χ0v) is 24.2. The van der Waals surface area contributed by atoms with Crippen LogP contribution in [-0.4, -0.2) is 82.8 Å². The summed E-state index contributed by atoms with van der Waals surface area (Å²) in [6, 6.07) is 13.6. The van der Waals surface area contributed by atoms with Gasteiger partial charge in [-0.05, 0) is 29.9 Å². The third-order valence-corrected chi connectivity index (χ3v) is 7.56. The van der Waals surface area contributed by atoms with Gasteiger partial charge in [0.05, 0.1) is 18.6 Å². The van der Waals surface area contributed by atoms with Crippen LogP contribution in [0.2, 0.25) is 0 Å². The number of carboxylic acid groups (broad SMARTS) is 1. The third kappa shape index (κ3) is 7.87. The number of nitrogens with zero attached hydrogens (tertiary/aromatic N) is 2. The van der Waals surface area contributed by atoms with E-state index in [-0.39, 0.29) is 31.8 Å². The predicted octanol–water partition coefficient (Wildman–Crippen LogP) is 0.177. The minimum atomic E-state index is -1.76. The summed E-state index contributed by atoms with van der Waals surface area (Å²) >= 11 is 0. The van der Waals surface area contributed by atoms with E-state index in [1.807, 2.05) is 6.07 Å². The highest BCUT2D eigenvalue weighted by Crippen LogP contribution is 2.34. The highest BCUT2D eigenvalue weighted by atomic mass is 16.4. The van der Waals surface area contributed by atoms with Crippen molar-refractivity contribution in [3.05, 3.63) is 71.8 Å². The van der Waals surface area contributed by atoms with E-state index >= 15 is 0 Å². The maximum atomic E-state index is 14.0. The normalized spacial score (nSPS) is 17.3. The van der Waals surface area contributed by atoms with Crippen LogP contribution in [0, 0.1) is 5.92 Å². The Balaban J connectivity index is 1.93. The van der Waals surface area contributed by atoms with Crippen LogP contribution < -0.4 is 27.4 Å². The second kappa shape index (κ2) is 14.8. The fourth-order valence-corrected chi connectivity index (χ4v) is 5.59. The van der Waals surface area contributed by atoms with Gasteiger partial charge in [-0.1, -0.05) is 74.5 Å². The van der Waals surface area contributed by atoms with Crippen LogP contribution in [0.3, 0.4) is 0 Å². The van der Waals surface area contributed by atoms with Crippen LogP contribution in [0.15, 0.2) is 65.7 Å². The molecule has 0 fully saturated rings. The number of urea groups is 1. The Hall–Kier alpha value is -4.94. The summed E-state index contributed by atoms with van der Waals surface area (Å²) in [6.07, 6.45) is 0.947. The number of carboxylic acids is 1. The van der Waals surface area contributed by atoms with Gasteiger partial charge in [-0.2, -0.15) is 0 Å². The Morgan fingerprint density at radius 3 is 2.14 bits per heavy atom. The Morgan fingerprint density at radius 1 is 1.07 bits per heavy atom. The Morgan fingerprint density at radius 2 is 1.65 bits per heavy atom. The molecule has 1 aliphatic heterocycles. The first-order chi connectivity index (χ1) is 20.5. The molecule has 1 aliphatic rings. The Bertz CT molecular complexity index is 1320. The Labute approximate surface area is 250 Å². The highest BCUT2D eigenvalue weighted by Gasteiger charge is 2.56. The van der Waals surface area contributed by atoms with Crippen molar-refractivity contribution in [2.24, 2.45) is 22.4 Å². The van der Waals surface area contributed by atoms with E-state index in [1.165, 1.54) is 0 Å². The lowest BCUT2D eigenvalue weighted by Crippen LogP contribution is -2.76. The first-order valence-corrected chi connectivity index (χ1v) is 14.0. The number of nitrogens with two attached hydrogens (primary N) is 2. The molecule has 2 aromatic rings. The zero-order chi connectivity index (χ0) is 31.6. The lowest BCUT2D eigenvalue weighted by molar-refractivity contribution is -0.157. The quantitative estimate of drug-likeness (QED) is 0.166. The first kappa shape index (κ1) is 32.6. The minimum absolute atomic E-state index is 0.0163. The van der Waals surface area contributed by atoms with E-state index in [4.69, 9.17) is 11.5 Å². The molecule has 4 atom stereocenters. The molecular weight excluding hydrogens is 554 g/mol. The van der Waals surface area contributed by atoms with Crippen LogP contribution in [0.5, 0.6) is 0 Å². The molecule has 8 N–H and O–H groups in total. The average Bonchev–Trinajstić information content (AvgIpc) is 2.98. The number of primary amides is 1. The molecule has 13 heteroatoms. The molecule has 43 heavy (non-hydrogen) atoms. The SMILES string of the molecule is CC(C)C(C(N)=O)(C1CCN=C(N)N1)N(C(=O)CNC(=O)NC(Cc1ccccc1)C(=O)O)C(C=O)Cc1ccccc1. The predicted molar refractivity (Wildman–Crippen MR) is 160 cm³/mol. The van der Waals surface area contributed by atoms with E-state index in [0.29, 0.717) is 11.8 Å². The standard InChI is InChI=1S/C30H39N7O6/c1-19(2)30(27(31)42,24-13-14-33-28(32)36-24)37(22(18-38)15-20-9-5-3-6-10-20)25(39)17-34-29(43)35-23(26(40)41)16-21-11-7-4-8-12-21/h3-12,18-19,22-24H,13-17H2,1-2H3,(H2,31,42)(H,40,41)(H3,32,33,36)(H2,34,35,43). The lowest BCUT2D eigenvalue weighted by Gasteiger charge is -2.52. The molecule has 0 saturated carbocycles. The van der Waals surface area contributed by atoms with E-state index in [9.17, 15) is 29.1 Å². The van der Waals surface area contributed by atoms with Gasteiger partial charge >= 0.3 is 12.0 Å². The van der Waals surface area contributed by atoms with Crippen molar-refractivity contribution in [3.63, 3.8) is 0 Å². The van der Waals surface area contributed by atoms with Gasteiger partial charge < -0.3 is 42.2 Å². The summed E-state index contributed by atoms with van der Waals surface area (Å²) in [6.45, 7) is 3.03. The zero-order valence-electron chi connectivity index (χ0n) is 24.2. The van der Waals surface area contributed by atoms with Crippen molar-refractivity contribution in [1.29, 1.82) is 0 Å². The van der Waals surface area contributed by atoms with Gasteiger partial charge in [0.25, 0.3) is 0 Å². The molecule has 0 radical (unpaired) electrons. The van der Waals surface area contributed by atoms with Crippen LogP contribution >= 0.6 is 0 Å². The molecule has 0 saturated heterocycles. The molecular formula is C30H39N7O6. The molecule has 2 aromatic carbocycles. The average molecular weight is 594 g/mol. The number of carbonyl (C=O) groups is 5. The monoisotopic (exact) mass is 593 g/mol. The van der Waals surface area contributed by atoms with Crippen molar-refractivity contribution in [3.8, 4) is 0 Å². The first-order valence-electron chi connectivity index (χ1n) is 14.0. The van der Waals surface area contributed by atoms with Crippen LogP contribution in [-0.2, 0) is 32.0 Å². The van der Waals surface area contributed by atoms with Crippen molar-refractivity contribution >= 4 is 36.1 Å². The van der Waals surface area contributed by atoms with Crippen molar-refractivity contribution < 1.29 is 29.1 Å². The molecule has 1 heterocycles. The third-order valence-electron chi connectivity index (χ3n) is 7.56. The molecule has 4 amide bonds. The number of aldehydes is 1. The smallest absolute Gasteiger partial charge is 0.326 e. The van der Waals surface area contributed by atoms with Crippen LogP contribution in [0.4, 0.5) is 4.79 Å². The molecule has 3 rings (SSSR count). The molecule has 13 nitrogen and oxygen atoms in total. The van der Waals surface area contributed by atoms with Crippen molar-refractivity contribution in [2.75, 3.05) is 13.1 Å². The van der Waals surface area contributed by atoms with Crippen molar-refractivity contribution in [2.45, 2.75) is 56.8 Å². The van der Waals surface area contributed by atoms with Gasteiger partial charge in [0, 0.05) is 13.0 Å². The van der Waals surface area contributed by atoms with Gasteiger partial charge in [0.15, 0.2) is 5.96 Å². The van der Waals surface area contributed by atoms with Crippen LogP contribution in [0.1, 0.15) is 31.4 Å². The topological polar surface area (TPSA) is 209 Å². The molecule has 0 spiro atoms. The molecule has 230 valence electrons. The van der Waals surface area contributed by atoms with E-state index in [1.54, 1.807) is 68.4 Å². The maximum Gasteiger partial charge on any atom is 0.326 e. The van der Waals surface area contributed by atoms with E-state index in [0.717, 1.165) is 10.5 Å². The number of aliphatic carboxylic acids is 1. The van der Waals surface area contributed by atoms with Crippen LogP contribution in [0.25, 0.3) is 0 Å². The van der Waals surface area contributed by atoms with Gasteiger partial charge in [0.1, 0.15) is 17.9 Å². The largest absolute Gasteiger partial charge is 0.480 e. The summed E-state index contributed by atoms with van der Waals surface area (Å²) in [5.41, 5.74) is 11.7. The maximum absolute atomic E-state index is 14.0. The number of hydrogen-bond acceptors (Lipinski definition) is 8. The lowest BCUT2D eigenvalue weighted by atomic mass is 9.74. The molecule has 0 aromatic heterocycles. The number of carbonyl (C=O) groups excluding carboxylic acids is 4. The second-order valence-corrected chi connectivity index (χ2v) is 10.7. The number of hydrogen-bond donors (Lipinski definition) is 6. The fourth-order valence-electron chi connectivity index (χ4n) is 5.59. The summed E-state index contributed by atoms with van der Waals surface area (Å²) in [4.78, 5) is 70.0. The van der Waals surface area contributed by atoms with Gasteiger partial charge in [-0.3, -0.25) is 14.6 Å². The van der Waals surface area contributed by atoms with Crippen molar-refractivity contribution in [1.82, 2.24) is 20.9 Å². The number of amides is 4. The summed E-state index contributed by atoms with van der Waals surface area (Å²) in [5, 5.41) is 17.4. The molecule has 0 bridgehead atoms.